The van der Waals surface area contributed by atoms with E-state index in [1.54, 1.807) is 0 Å². The zero-order valence-corrected chi connectivity index (χ0v) is 6.51. The van der Waals surface area contributed by atoms with Crippen LogP contribution in [0, 0.1) is 5.92 Å². The molecule has 0 aromatic rings. The van der Waals surface area contributed by atoms with E-state index < -0.39 is 0 Å². The van der Waals surface area contributed by atoms with Gasteiger partial charge in [-0.25, -0.2) is 0 Å². The first-order chi connectivity index (χ1) is 5.27. The Balaban J connectivity index is 2.19. The summed E-state index contributed by atoms with van der Waals surface area (Å²) >= 11 is 0. The van der Waals surface area contributed by atoms with E-state index in [0.29, 0.717) is 12.3 Å². The van der Waals surface area contributed by atoms with Gasteiger partial charge in [-0.05, 0) is 30.8 Å². The highest BCUT2D eigenvalue weighted by atomic mass is 16.5. The number of hydrogen-bond acceptors (Lipinski definition) is 2. The van der Waals surface area contributed by atoms with Crippen molar-refractivity contribution in [2.75, 3.05) is 0 Å². The molecular formula is C9H12O2. The predicted octanol–water partition coefficient (Wildman–Crippen LogP) is 1.66. The van der Waals surface area contributed by atoms with Crippen LogP contribution in [0.5, 0.6) is 0 Å². The van der Waals surface area contributed by atoms with Crippen LogP contribution < -0.4 is 0 Å². The maximum atomic E-state index is 11.0. The fourth-order valence-electron chi connectivity index (χ4n) is 1.96. The molecule has 2 unspecified atom stereocenters. The Bertz CT molecular complexity index is 190. The molecular weight excluding hydrogens is 140 g/mol. The highest BCUT2D eigenvalue weighted by Crippen LogP contribution is 2.36. The average molecular weight is 152 g/mol. The molecule has 2 rings (SSSR count). The van der Waals surface area contributed by atoms with Gasteiger partial charge in [-0.1, -0.05) is 6.58 Å². The van der Waals surface area contributed by atoms with Crippen molar-refractivity contribution in [1.29, 1.82) is 0 Å². The second kappa shape index (κ2) is 2.36. The molecule has 1 saturated carbocycles. The molecule has 2 heteroatoms. The first-order valence-corrected chi connectivity index (χ1v) is 4.15. The van der Waals surface area contributed by atoms with Crippen LogP contribution in [0.4, 0.5) is 0 Å². The van der Waals surface area contributed by atoms with Crippen molar-refractivity contribution in [3.8, 4) is 0 Å². The number of carbonyl (C=O) groups is 1. The van der Waals surface area contributed by atoms with Gasteiger partial charge in [0.1, 0.15) is 6.10 Å². The second-order valence-electron chi connectivity index (χ2n) is 3.39. The largest absolute Gasteiger partial charge is 0.458 e. The lowest BCUT2D eigenvalue weighted by Crippen LogP contribution is -2.35. The number of ether oxygens (including phenoxy) is 1. The predicted molar refractivity (Wildman–Crippen MR) is 41.0 cm³/mol. The summed E-state index contributed by atoms with van der Waals surface area (Å²) in [5.41, 5.74) is 1.15. The monoisotopic (exact) mass is 152 g/mol. The molecule has 2 aliphatic rings. The van der Waals surface area contributed by atoms with Crippen LogP contribution in [0.25, 0.3) is 0 Å². The lowest BCUT2D eigenvalue weighted by atomic mass is 9.79. The molecule has 1 saturated heterocycles. The van der Waals surface area contributed by atoms with Crippen LogP contribution in [-0.4, -0.2) is 12.1 Å². The van der Waals surface area contributed by atoms with E-state index in [2.05, 4.69) is 6.58 Å². The van der Waals surface area contributed by atoms with Crippen molar-refractivity contribution in [2.45, 2.75) is 31.8 Å². The molecule has 1 aliphatic carbocycles. The smallest absolute Gasteiger partial charge is 0.306 e. The molecule has 0 aromatic carbocycles. The number of carbonyl (C=O) groups excluding carboxylic acids is 1. The number of rotatable bonds is 0. The van der Waals surface area contributed by atoms with Crippen molar-refractivity contribution in [3.05, 3.63) is 12.2 Å². The fourth-order valence-corrected chi connectivity index (χ4v) is 1.96. The molecule has 2 bridgehead atoms. The van der Waals surface area contributed by atoms with Gasteiger partial charge in [-0.15, -0.1) is 0 Å². The molecule has 2 atom stereocenters. The Morgan fingerprint density at radius 1 is 1.45 bits per heavy atom. The Hall–Kier alpha value is -0.790. The van der Waals surface area contributed by atoms with Crippen LogP contribution in [-0.2, 0) is 9.53 Å². The van der Waals surface area contributed by atoms with E-state index in [-0.39, 0.29) is 12.1 Å². The lowest BCUT2D eigenvalue weighted by Gasteiger charge is -2.35. The van der Waals surface area contributed by atoms with Gasteiger partial charge in [0, 0.05) is 0 Å². The SMILES string of the molecule is C=C1C2CCCC1OC(=O)C2. The average Bonchev–Trinajstić information content (AvgIpc) is 1.92. The highest BCUT2D eigenvalue weighted by molar-refractivity contribution is 5.72. The third-order valence-corrected chi connectivity index (χ3v) is 2.64. The van der Waals surface area contributed by atoms with E-state index in [0.717, 1.165) is 18.4 Å². The zero-order valence-electron chi connectivity index (χ0n) is 6.51. The number of hydrogen-bond donors (Lipinski definition) is 0. The summed E-state index contributed by atoms with van der Waals surface area (Å²) in [4.78, 5) is 11.0. The maximum Gasteiger partial charge on any atom is 0.306 e. The van der Waals surface area contributed by atoms with Crippen molar-refractivity contribution in [1.82, 2.24) is 0 Å². The molecule has 60 valence electrons. The number of esters is 1. The molecule has 1 heterocycles. The third kappa shape index (κ3) is 1.06. The number of fused-ring (bicyclic) bond motifs is 2. The summed E-state index contributed by atoms with van der Waals surface area (Å²) in [6.07, 6.45) is 3.91. The summed E-state index contributed by atoms with van der Waals surface area (Å²) in [7, 11) is 0. The quantitative estimate of drug-likeness (QED) is 0.390. The summed E-state index contributed by atoms with van der Waals surface area (Å²) in [5.74, 6) is 0.391. The highest BCUT2D eigenvalue weighted by Gasteiger charge is 2.34. The molecule has 0 spiro atoms. The minimum Gasteiger partial charge on any atom is -0.458 e. The maximum absolute atomic E-state index is 11.0. The van der Waals surface area contributed by atoms with Crippen molar-refractivity contribution in [3.63, 3.8) is 0 Å². The third-order valence-electron chi connectivity index (χ3n) is 2.64. The first-order valence-electron chi connectivity index (χ1n) is 4.15. The van der Waals surface area contributed by atoms with Crippen molar-refractivity contribution in [2.24, 2.45) is 5.92 Å². The van der Waals surface area contributed by atoms with Crippen LogP contribution in [0.1, 0.15) is 25.7 Å². The van der Waals surface area contributed by atoms with E-state index in [4.69, 9.17) is 4.74 Å². The molecule has 11 heavy (non-hydrogen) atoms. The van der Waals surface area contributed by atoms with Crippen LogP contribution in [0.15, 0.2) is 12.2 Å². The molecule has 0 radical (unpaired) electrons. The first kappa shape index (κ1) is 6.89. The van der Waals surface area contributed by atoms with Gasteiger partial charge in [0.2, 0.25) is 0 Å². The normalized spacial score (nSPS) is 36.7. The van der Waals surface area contributed by atoms with Crippen LogP contribution >= 0.6 is 0 Å². The van der Waals surface area contributed by atoms with Crippen molar-refractivity contribution >= 4 is 5.97 Å². The van der Waals surface area contributed by atoms with Crippen molar-refractivity contribution < 1.29 is 9.53 Å². The van der Waals surface area contributed by atoms with Gasteiger partial charge in [0.25, 0.3) is 0 Å². The van der Waals surface area contributed by atoms with Gasteiger partial charge < -0.3 is 4.74 Å². The Labute approximate surface area is 66.2 Å². The summed E-state index contributed by atoms with van der Waals surface area (Å²) in [6.45, 7) is 3.96. The molecule has 2 nitrogen and oxygen atoms in total. The van der Waals surface area contributed by atoms with Gasteiger partial charge in [0.15, 0.2) is 0 Å². The minimum atomic E-state index is -0.0351. The Kier molecular flexibility index (Phi) is 1.48. The second-order valence-corrected chi connectivity index (χ2v) is 3.39. The summed E-state index contributed by atoms with van der Waals surface area (Å²) in [6, 6.07) is 0. The van der Waals surface area contributed by atoms with Gasteiger partial charge in [-0.2, -0.15) is 0 Å². The van der Waals surface area contributed by atoms with E-state index in [1.807, 2.05) is 0 Å². The Morgan fingerprint density at radius 3 is 3.00 bits per heavy atom. The lowest BCUT2D eigenvalue weighted by molar-refractivity contribution is -0.154. The molecule has 0 amide bonds. The van der Waals surface area contributed by atoms with E-state index in [1.165, 1.54) is 6.42 Å². The Morgan fingerprint density at radius 2 is 2.27 bits per heavy atom. The molecule has 1 aliphatic heterocycles. The molecule has 0 aromatic heterocycles. The summed E-state index contributed by atoms with van der Waals surface area (Å²) < 4.78 is 5.13. The topological polar surface area (TPSA) is 26.3 Å². The van der Waals surface area contributed by atoms with Gasteiger partial charge in [0.05, 0.1) is 6.42 Å². The van der Waals surface area contributed by atoms with Gasteiger partial charge >= 0.3 is 5.97 Å². The van der Waals surface area contributed by atoms with E-state index >= 15 is 0 Å². The van der Waals surface area contributed by atoms with Gasteiger partial charge in [-0.3, -0.25) is 4.79 Å². The summed E-state index contributed by atoms with van der Waals surface area (Å²) in [5, 5.41) is 0. The van der Waals surface area contributed by atoms with E-state index in [9.17, 15) is 4.79 Å². The minimum absolute atomic E-state index is 0.0351. The molecule has 2 fully saturated rings. The standard InChI is InChI=1S/C9H12O2/c1-6-7-3-2-4-8(6)11-9(10)5-7/h7-8H,1-5H2. The van der Waals surface area contributed by atoms with Crippen LogP contribution in [0.2, 0.25) is 0 Å². The fraction of sp³-hybridized carbons (Fsp3) is 0.667. The zero-order chi connectivity index (χ0) is 7.84. The van der Waals surface area contributed by atoms with Crippen LogP contribution in [0.3, 0.4) is 0 Å². The molecule has 0 N–H and O–H groups in total.